The SMILES string of the molecule is Nc1nc(NC2CCC(F)(F)CC2)nc(-c2cccc(C(F)(F)F)n2)n1. The molecule has 1 aliphatic rings. The highest BCUT2D eigenvalue weighted by Gasteiger charge is 2.35. The van der Waals surface area contributed by atoms with Gasteiger partial charge in [-0.25, -0.2) is 13.8 Å². The number of rotatable bonds is 3. The molecule has 0 amide bonds. The Hall–Kier alpha value is -2.59. The van der Waals surface area contributed by atoms with E-state index in [-0.39, 0.29) is 55.1 Å². The summed E-state index contributed by atoms with van der Waals surface area (Å²) in [6, 6.07) is 3.05. The van der Waals surface area contributed by atoms with Crippen LogP contribution in [0.25, 0.3) is 11.5 Å². The fourth-order valence-electron chi connectivity index (χ4n) is 2.66. The van der Waals surface area contributed by atoms with Crippen molar-refractivity contribution < 1.29 is 22.0 Å². The van der Waals surface area contributed by atoms with Gasteiger partial charge in [-0.05, 0) is 25.0 Å². The number of nitrogen functional groups attached to an aromatic ring is 1. The molecule has 0 saturated heterocycles. The molecule has 0 spiro atoms. The van der Waals surface area contributed by atoms with Gasteiger partial charge in [-0.3, -0.25) is 0 Å². The number of hydrogen-bond acceptors (Lipinski definition) is 6. The summed E-state index contributed by atoms with van der Waals surface area (Å²) in [5, 5.41) is 2.89. The van der Waals surface area contributed by atoms with E-state index in [1.165, 1.54) is 12.1 Å². The fourth-order valence-corrected chi connectivity index (χ4v) is 2.66. The first-order chi connectivity index (χ1) is 12.1. The van der Waals surface area contributed by atoms with Crippen LogP contribution in [-0.4, -0.2) is 31.9 Å². The van der Waals surface area contributed by atoms with E-state index in [4.69, 9.17) is 5.73 Å². The Morgan fingerprint density at radius 2 is 1.73 bits per heavy atom. The van der Waals surface area contributed by atoms with E-state index in [1.807, 2.05) is 0 Å². The van der Waals surface area contributed by atoms with Gasteiger partial charge in [-0.1, -0.05) is 6.07 Å². The summed E-state index contributed by atoms with van der Waals surface area (Å²) in [6.45, 7) is 0. The average Bonchev–Trinajstić information content (AvgIpc) is 2.56. The van der Waals surface area contributed by atoms with E-state index < -0.39 is 17.8 Å². The molecule has 1 saturated carbocycles. The first kappa shape index (κ1) is 18.2. The zero-order valence-corrected chi connectivity index (χ0v) is 13.4. The number of pyridine rings is 1. The van der Waals surface area contributed by atoms with Gasteiger partial charge in [-0.15, -0.1) is 0 Å². The molecular formula is C15H15F5N6. The largest absolute Gasteiger partial charge is 0.433 e. The molecule has 2 heterocycles. The fraction of sp³-hybridized carbons (Fsp3) is 0.467. The van der Waals surface area contributed by atoms with E-state index in [9.17, 15) is 22.0 Å². The number of nitrogens with zero attached hydrogens (tertiary/aromatic N) is 4. The van der Waals surface area contributed by atoms with Crippen molar-refractivity contribution in [3.63, 3.8) is 0 Å². The topological polar surface area (TPSA) is 89.6 Å². The van der Waals surface area contributed by atoms with Crippen LogP contribution in [0.15, 0.2) is 18.2 Å². The van der Waals surface area contributed by atoms with Gasteiger partial charge in [0.15, 0.2) is 5.82 Å². The summed E-state index contributed by atoms with van der Waals surface area (Å²) in [5.41, 5.74) is 4.39. The summed E-state index contributed by atoms with van der Waals surface area (Å²) < 4.78 is 64.8. The zero-order valence-electron chi connectivity index (χ0n) is 13.4. The molecule has 3 rings (SSSR count). The molecule has 6 nitrogen and oxygen atoms in total. The monoisotopic (exact) mass is 374 g/mol. The Kier molecular flexibility index (Phi) is 4.63. The highest BCUT2D eigenvalue weighted by atomic mass is 19.4. The molecule has 11 heteroatoms. The van der Waals surface area contributed by atoms with Crippen LogP contribution < -0.4 is 11.1 Å². The average molecular weight is 374 g/mol. The molecule has 2 aromatic heterocycles. The second-order valence-electron chi connectivity index (χ2n) is 6.02. The standard InChI is InChI=1S/C15H15F5N6/c16-14(17)6-4-8(5-7-14)22-13-25-11(24-12(21)26-13)9-2-1-3-10(23-9)15(18,19)20/h1-3,8H,4-7H2,(H3,21,22,24,25,26). The van der Waals surface area contributed by atoms with Crippen LogP contribution in [0.1, 0.15) is 31.4 Å². The maximum Gasteiger partial charge on any atom is 0.433 e. The summed E-state index contributed by atoms with van der Waals surface area (Å²) in [4.78, 5) is 15.2. The van der Waals surface area contributed by atoms with Crippen LogP contribution in [0.5, 0.6) is 0 Å². The summed E-state index contributed by atoms with van der Waals surface area (Å²) in [7, 11) is 0. The van der Waals surface area contributed by atoms with Crippen molar-refractivity contribution in [1.29, 1.82) is 0 Å². The molecule has 26 heavy (non-hydrogen) atoms. The molecule has 0 aromatic carbocycles. The van der Waals surface area contributed by atoms with Crippen LogP contribution in [-0.2, 0) is 6.18 Å². The third-order valence-electron chi connectivity index (χ3n) is 3.97. The van der Waals surface area contributed by atoms with Gasteiger partial charge in [0.1, 0.15) is 11.4 Å². The van der Waals surface area contributed by atoms with Gasteiger partial charge in [0.25, 0.3) is 0 Å². The van der Waals surface area contributed by atoms with E-state index in [2.05, 4.69) is 25.3 Å². The van der Waals surface area contributed by atoms with E-state index in [0.29, 0.717) is 0 Å². The van der Waals surface area contributed by atoms with Crippen LogP contribution in [0.2, 0.25) is 0 Å². The molecule has 1 aliphatic carbocycles. The van der Waals surface area contributed by atoms with E-state index in [1.54, 1.807) is 0 Å². The molecule has 0 aliphatic heterocycles. The summed E-state index contributed by atoms with van der Waals surface area (Å²) >= 11 is 0. The number of nitrogens with two attached hydrogens (primary N) is 1. The van der Waals surface area contributed by atoms with Crippen molar-refractivity contribution in [1.82, 2.24) is 19.9 Å². The van der Waals surface area contributed by atoms with Crippen molar-refractivity contribution in [3.8, 4) is 11.5 Å². The molecule has 0 atom stereocenters. The van der Waals surface area contributed by atoms with Crippen LogP contribution >= 0.6 is 0 Å². The quantitative estimate of drug-likeness (QED) is 0.799. The first-order valence-corrected chi connectivity index (χ1v) is 7.83. The van der Waals surface area contributed by atoms with Crippen LogP contribution in [0, 0.1) is 0 Å². The van der Waals surface area contributed by atoms with E-state index in [0.717, 1.165) is 6.07 Å². The Labute approximate surface area is 145 Å². The van der Waals surface area contributed by atoms with Crippen molar-refractivity contribution in [3.05, 3.63) is 23.9 Å². The lowest BCUT2D eigenvalue weighted by Crippen LogP contribution is -2.32. The summed E-state index contributed by atoms with van der Waals surface area (Å²) in [6.07, 6.45) is -4.69. The number of hydrogen-bond donors (Lipinski definition) is 2. The zero-order chi connectivity index (χ0) is 18.9. The van der Waals surface area contributed by atoms with Gasteiger partial charge >= 0.3 is 6.18 Å². The Morgan fingerprint density at radius 3 is 2.38 bits per heavy atom. The first-order valence-electron chi connectivity index (χ1n) is 7.83. The van der Waals surface area contributed by atoms with Crippen molar-refractivity contribution in [2.24, 2.45) is 0 Å². The maximum atomic E-state index is 13.2. The van der Waals surface area contributed by atoms with Gasteiger partial charge < -0.3 is 11.1 Å². The molecule has 0 bridgehead atoms. The highest BCUT2D eigenvalue weighted by Crippen LogP contribution is 2.34. The molecule has 2 aromatic rings. The number of halogens is 5. The molecule has 0 unspecified atom stereocenters. The maximum absolute atomic E-state index is 13.2. The van der Waals surface area contributed by atoms with Crippen molar-refractivity contribution in [2.75, 3.05) is 11.1 Å². The lowest BCUT2D eigenvalue weighted by molar-refractivity contribution is -0.141. The Morgan fingerprint density at radius 1 is 1.04 bits per heavy atom. The van der Waals surface area contributed by atoms with Gasteiger partial charge in [0, 0.05) is 18.9 Å². The normalized spacial score (nSPS) is 17.9. The van der Waals surface area contributed by atoms with Crippen LogP contribution in [0.4, 0.5) is 33.8 Å². The minimum absolute atomic E-state index is 0.0157. The second-order valence-corrected chi connectivity index (χ2v) is 6.02. The summed E-state index contributed by atoms with van der Waals surface area (Å²) in [5.74, 6) is -3.00. The smallest absolute Gasteiger partial charge is 0.368 e. The lowest BCUT2D eigenvalue weighted by Gasteiger charge is -2.28. The molecule has 140 valence electrons. The number of anilines is 2. The lowest BCUT2D eigenvalue weighted by atomic mass is 9.92. The van der Waals surface area contributed by atoms with Gasteiger partial charge in [0.2, 0.25) is 17.8 Å². The molecule has 1 fully saturated rings. The Bertz CT molecular complexity index is 784. The second kappa shape index (κ2) is 6.61. The molecule has 3 N–H and O–H groups in total. The number of alkyl halides is 5. The predicted molar refractivity (Wildman–Crippen MR) is 83.3 cm³/mol. The van der Waals surface area contributed by atoms with Crippen molar-refractivity contribution >= 4 is 11.9 Å². The highest BCUT2D eigenvalue weighted by molar-refractivity contribution is 5.53. The van der Waals surface area contributed by atoms with E-state index >= 15 is 0 Å². The predicted octanol–water partition coefficient (Wildman–Crippen LogP) is 3.52. The number of nitrogens with one attached hydrogen (secondary N) is 1. The van der Waals surface area contributed by atoms with Gasteiger partial charge in [-0.2, -0.15) is 28.1 Å². The third-order valence-corrected chi connectivity index (χ3v) is 3.97. The minimum Gasteiger partial charge on any atom is -0.368 e. The molecular weight excluding hydrogens is 359 g/mol. The minimum atomic E-state index is -4.61. The van der Waals surface area contributed by atoms with Crippen molar-refractivity contribution in [2.45, 2.75) is 43.8 Å². The number of aromatic nitrogens is 4. The van der Waals surface area contributed by atoms with Gasteiger partial charge in [0.05, 0.1) is 0 Å². The van der Waals surface area contributed by atoms with Crippen LogP contribution in [0.3, 0.4) is 0 Å². The Balaban J connectivity index is 1.82. The third kappa shape index (κ3) is 4.33. The molecule has 0 radical (unpaired) electrons.